The second kappa shape index (κ2) is 4.37. The van der Waals surface area contributed by atoms with Crippen molar-refractivity contribution in [1.82, 2.24) is 25.0 Å². The van der Waals surface area contributed by atoms with Crippen molar-refractivity contribution in [3.63, 3.8) is 0 Å². The highest BCUT2D eigenvalue weighted by Crippen LogP contribution is 2.12. The van der Waals surface area contributed by atoms with Gasteiger partial charge in [0.25, 0.3) is 0 Å². The first kappa shape index (κ1) is 10.1. The summed E-state index contributed by atoms with van der Waals surface area (Å²) in [7, 11) is 1.65. The van der Waals surface area contributed by atoms with E-state index in [9.17, 15) is 0 Å². The zero-order valence-corrected chi connectivity index (χ0v) is 9.04. The lowest BCUT2D eigenvalue weighted by Crippen LogP contribution is -2.06. The predicted molar refractivity (Wildman–Crippen MR) is 56.9 cm³/mol. The van der Waals surface area contributed by atoms with Gasteiger partial charge in [-0.05, 0) is 18.3 Å². The Morgan fingerprint density at radius 2 is 2.40 bits per heavy atom. The van der Waals surface area contributed by atoms with Crippen molar-refractivity contribution in [1.29, 1.82) is 0 Å². The maximum Gasteiger partial charge on any atom is 0.195 e. The summed E-state index contributed by atoms with van der Waals surface area (Å²) in [6.45, 7) is 1.26. The molecule has 2 heterocycles. The van der Waals surface area contributed by atoms with E-state index in [0.29, 0.717) is 17.9 Å². The molecule has 0 fully saturated rings. The molecule has 0 aliphatic rings. The molecule has 6 nitrogen and oxygen atoms in total. The number of methoxy groups -OCH3 is 1. The number of H-pyrrole nitrogens is 2. The average molecular weight is 225 g/mol. The lowest BCUT2D eigenvalue weighted by molar-refractivity contribution is 0.187. The predicted octanol–water partition coefficient (Wildman–Crippen LogP) is 0.977. The number of aromatic nitrogens is 5. The largest absolute Gasteiger partial charge is 0.383 e. The first-order valence-electron chi connectivity index (χ1n) is 4.47. The quantitative estimate of drug-likeness (QED) is 0.761. The molecule has 7 heteroatoms. The Bertz CT molecular complexity index is 471. The molecule has 2 N–H and O–H groups in total. The highest BCUT2D eigenvalue weighted by Gasteiger charge is 2.08. The minimum absolute atomic E-state index is 0.580. The van der Waals surface area contributed by atoms with Crippen molar-refractivity contribution in [2.24, 2.45) is 0 Å². The summed E-state index contributed by atoms with van der Waals surface area (Å²) in [5.41, 5.74) is 0.832. The van der Waals surface area contributed by atoms with Gasteiger partial charge in [0.2, 0.25) is 0 Å². The van der Waals surface area contributed by atoms with Crippen molar-refractivity contribution in [3.8, 4) is 11.5 Å². The van der Waals surface area contributed by atoms with Crippen LogP contribution in [0.4, 0.5) is 0 Å². The van der Waals surface area contributed by atoms with Gasteiger partial charge in [-0.2, -0.15) is 10.2 Å². The van der Waals surface area contributed by atoms with Crippen molar-refractivity contribution in [3.05, 3.63) is 17.0 Å². The maximum atomic E-state index is 5.12. The molecule has 0 aliphatic carbocycles. The van der Waals surface area contributed by atoms with Gasteiger partial charge in [0.15, 0.2) is 10.6 Å². The Labute approximate surface area is 91.3 Å². The van der Waals surface area contributed by atoms with Crippen LogP contribution in [0.15, 0.2) is 12.3 Å². The maximum absolute atomic E-state index is 5.12. The van der Waals surface area contributed by atoms with Crippen molar-refractivity contribution >= 4 is 12.2 Å². The van der Waals surface area contributed by atoms with E-state index in [1.165, 1.54) is 0 Å². The Kier molecular flexibility index (Phi) is 2.93. The molecule has 0 saturated carbocycles. The zero-order valence-electron chi connectivity index (χ0n) is 8.23. The smallest absolute Gasteiger partial charge is 0.195 e. The molecule has 2 aromatic heterocycles. The van der Waals surface area contributed by atoms with Crippen LogP contribution in [0.25, 0.3) is 11.5 Å². The monoisotopic (exact) mass is 225 g/mol. The molecule has 0 bridgehead atoms. The number of nitrogens with one attached hydrogen (secondary N) is 2. The molecule has 0 spiro atoms. The van der Waals surface area contributed by atoms with Crippen LogP contribution in [-0.4, -0.2) is 38.7 Å². The molecule has 0 aliphatic heterocycles. The Hall–Kier alpha value is -1.47. The topological polar surface area (TPSA) is 71.5 Å². The van der Waals surface area contributed by atoms with Crippen molar-refractivity contribution in [2.45, 2.75) is 6.54 Å². The van der Waals surface area contributed by atoms with Gasteiger partial charge in [-0.15, -0.1) is 0 Å². The molecule has 0 saturated heterocycles. The minimum Gasteiger partial charge on any atom is -0.383 e. The van der Waals surface area contributed by atoms with Gasteiger partial charge in [-0.3, -0.25) is 14.8 Å². The molecule has 0 unspecified atom stereocenters. The molecular weight excluding hydrogens is 214 g/mol. The first-order chi connectivity index (χ1) is 7.33. The van der Waals surface area contributed by atoms with Crippen LogP contribution in [0.2, 0.25) is 0 Å². The fourth-order valence-corrected chi connectivity index (χ4v) is 1.52. The van der Waals surface area contributed by atoms with Crippen LogP contribution in [-0.2, 0) is 11.3 Å². The van der Waals surface area contributed by atoms with E-state index in [4.69, 9.17) is 17.0 Å². The number of ether oxygens (including phenoxy) is 1. The number of aromatic amines is 2. The lowest BCUT2D eigenvalue weighted by atomic mass is 10.4. The third-order valence-electron chi connectivity index (χ3n) is 2.02. The van der Waals surface area contributed by atoms with Crippen molar-refractivity contribution < 1.29 is 4.74 Å². The van der Waals surface area contributed by atoms with Gasteiger partial charge in [-0.25, -0.2) is 0 Å². The minimum atomic E-state index is 0.580. The first-order valence-corrected chi connectivity index (χ1v) is 4.87. The van der Waals surface area contributed by atoms with Gasteiger partial charge in [0.1, 0.15) is 5.69 Å². The lowest BCUT2D eigenvalue weighted by Gasteiger charge is -2.03. The Morgan fingerprint density at radius 3 is 3.07 bits per heavy atom. The second-order valence-electron chi connectivity index (χ2n) is 2.97. The summed E-state index contributed by atoms with van der Waals surface area (Å²) >= 11 is 5.12. The van der Waals surface area contributed by atoms with E-state index < -0.39 is 0 Å². The molecule has 2 rings (SSSR count). The zero-order chi connectivity index (χ0) is 10.7. The second-order valence-corrected chi connectivity index (χ2v) is 3.35. The van der Waals surface area contributed by atoms with E-state index in [1.807, 2.05) is 10.6 Å². The number of nitrogens with zero attached hydrogens (tertiary/aromatic N) is 3. The molecular formula is C8H11N5OS. The Morgan fingerprint density at radius 1 is 1.53 bits per heavy atom. The summed E-state index contributed by atoms with van der Waals surface area (Å²) in [6.07, 6.45) is 1.67. The highest BCUT2D eigenvalue weighted by atomic mass is 32.1. The summed E-state index contributed by atoms with van der Waals surface area (Å²) in [5, 5.41) is 13.6. The number of hydrogen-bond acceptors (Lipinski definition) is 4. The van der Waals surface area contributed by atoms with Gasteiger partial charge >= 0.3 is 0 Å². The third kappa shape index (κ3) is 1.97. The van der Waals surface area contributed by atoms with Crippen molar-refractivity contribution in [2.75, 3.05) is 13.7 Å². The molecule has 15 heavy (non-hydrogen) atoms. The molecule has 0 aromatic carbocycles. The van der Waals surface area contributed by atoms with E-state index in [2.05, 4.69) is 20.4 Å². The van der Waals surface area contributed by atoms with Gasteiger partial charge in [-0.1, -0.05) is 0 Å². The van der Waals surface area contributed by atoms with E-state index >= 15 is 0 Å². The molecule has 0 atom stereocenters. The van der Waals surface area contributed by atoms with Gasteiger partial charge < -0.3 is 4.74 Å². The molecule has 2 aromatic rings. The third-order valence-corrected chi connectivity index (χ3v) is 2.33. The van der Waals surface area contributed by atoms with Crippen LogP contribution in [0.3, 0.4) is 0 Å². The molecule has 80 valence electrons. The average Bonchev–Trinajstić information content (AvgIpc) is 2.84. The van der Waals surface area contributed by atoms with Gasteiger partial charge in [0, 0.05) is 13.3 Å². The summed E-state index contributed by atoms with van der Waals surface area (Å²) in [6, 6.07) is 1.84. The number of hydrogen-bond donors (Lipinski definition) is 2. The fourth-order valence-electron chi connectivity index (χ4n) is 1.29. The van der Waals surface area contributed by atoms with Crippen LogP contribution in [0, 0.1) is 4.77 Å². The number of rotatable bonds is 4. The standard InChI is InChI=1S/C8H11N5OS/c1-14-5-4-13-7(11-12-8(13)15)6-2-3-9-10-6/h2-3H,4-5H2,1H3,(H,9,10)(H,12,15). The van der Waals surface area contributed by atoms with E-state index in [0.717, 1.165) is 11.5 Å². The summed E-state index contributed by atoms with van der Waals surface area (Å²) < 4.78 is 7.46. The van der Waals surface area contributed by atoms with Crippen LogP contribution >= 0.6 is 12.2 Å². The fraction of sp³-hybridized carbons (Fsp3) is 0.375. The highest BCUT2D eigenvalue weighted by molar-refractivity contribution is 7.71. The molecule has 0 radical (unpaired) electrons. The summed E-state index contributed by atoms with van der Waals surface area (Å²) in [5.74, 6) is 0.745. The SMILES string of the molecule is COCCn1c(-c2ccn[nH]2)n[nH]c1=S. The van der Waals surface area contributed by atoms with E-state index in [-0.39, 0.29) is 0 Å². The normalized spacial score (nSPS) is 10.7. The summed E-state index contributed by atoms with van der Waals surface area (Å²) in [4.78, 5) is 0. The molecule has 0 amide bonds. The van der Waals surface area contributed by atoms with E-state index in [1.54, 1.807) is 13.3 Å². The Balaban J connectivity index is 2.36. The van der Waals surface area contributed by atoms with Crippen LogP contribution in [0.5, 0.6) is 0 Å². The van der Waals surface area contributed by atoms with Crippen LogP contribution < -0.4 is 0 Å². The van der Waals surface area contributed by atoms with Crippen LogP contribution in [0.1, 0.15) is 0 Å². The van der Waals surface area contributed by atoms with Gasteiger partial charge in [0.05, 0.1) is 13.2 Å².